The van der Waals surface area contributed by atoms with Gasteiger partial charge in [-0.2, -0.15) is 4.98 Å². The van der Waals surface area contributed by atoms with Crippen molar-refractivity contribution in [2.45, 2.75) is 13.5 Å². The second-order valence-corrected chi connectivity index (χ2v) is 5.35. The minimum atomic E-state index is -0.751. The number of hydrogen-bond acceptors (Lipinski definition) is 5. The van der Waals surface area contributed by atoms with E-state index in [1.165, 1.54) is 12.1 Å². The van der Waals surface area contributed by atoms with Gasteiger partial charge in [0.25, 0.3) is 5.24 Å². The smallest absolute Gasteiger partial charge is 0.318 e. The Balaban J connectivity index is 2.02. The van der Waals surface area contributed by atoms with Crippen molar-refractivity contribution in [1.82, 2.24) is 9.97 Å². The monoisotopic (exact) mass is 325 g/mol. The lowest BCUT2D eigenvalue weighted by atomic mass is 10.2. The molecule has 0 aliphatic rings. The molecule has 0 radical (unpaired) electrons. The molecular weight excluding hydrogens is 312 g/mol. The van der Waals surface area contributed by atoms with Crippen LogP contribution in [-0.2, 0) is 6.61 Å². The first-order valence-electron chi connectivity index (χ1n) is 6.42. The fourth-order valence-corrected chi connectivity index (χ4v) is 1.93. The van der Waals surface area contributed by atoms with Crippen LogP contribution in [0.4, 0.5) is 19.4 Å². The number of carbonyl (C=O) groups is 1. The number of nitrogens with one attached hydrogen (secondary N) is 1. The summed E-state index contributed by atoms with van der Waals surface area (Å²) in [6, 6.07) is 5.64. The molecule has 0 fully saturated rings. The van der Waals surface area contributed by atoms with Gasteiger partial charge in [0, 0.05) is 0 Å². The number of ether oxygens (including phenoxy) is 1. The fourth-order valence-electron chi connectivity index (χ4n) is 1.50. The molecule has 1 aromatic carbocycles. The van der Waals surface area contributed by atoms with Crippen molar-refractivity contribution < 1.29 is 18.3 Å². The van der Waals surface area contributed by atoms with Crippen molar-refractivity contribution in [3.05, 3.63) is 47.7 Å². The van der Waals surface area contributed by atoms with E-state index >= 15 is 0 Å². The molecule has 0 spiro atoms. The summed E-state index contributed by atoms with van der Waals surface area (Å²) in [4.78, 5) is 18.9. The van der Waals surface area contributed by atoms with Gasteiger partial charge >= 0.3 is 6.01 Å². The van der Waals surface area contributed by atoms with Gasteiger partial charge in [-0.25, -0.2) is 13.8 Å². The van der Waals surface area contributed by atoms with Gasteiger partial charge in [0.15, 0.2) is 11.6 Å². The zero-order valence-corrected chi connectivity index (χ0v) is 12.5. The summed E-state index contributed by atoms with van der Waals surface area (Å²) in [6.45, 7) is 1.90. The zero-order chi connectivity index (χ0) is 15.9. The minimum Gasteiger partial charge on any atom is -0.459 e. The zero-order valence-electron chi connectivity index (χ0n) is 11.7. The minimum absolute atomic E-state index is 0.0810. The maximum absolute atomic E-state index is 13.5. The van der Waals surface area contributed by atoms with E-state index in [-0.39, 0.29) is 24.3 Å². The van der Waals surface area contributed by atoms with Crippen LogP contribution in [-0.4, -0.2) is 21.0 Å². The van der Waals surface area contributed by atoms with Crippen LogP contribution in [0.25, 0.3) is 0 Å². The second-order valence-electron chi connectivity index (χ2n) is 4.11. The van der Waals surface area contributed by atoms with Gasteiger partial charge in [-0.15, -0.1) is 0 Å². The summed E-state index contributed by atoms with van der Waals surface area (Å²) in [5.74, 6) is -0.777. The lowest BCUT2D eigenvalue weighted by Crippen LogP contribution is -2.10. The molecule has 0 unspecified atom stereocenters. The third-order valence-corrected chi connectivity index (χ3v) is 3.15. The van der Waals surface area contributed by atoms with E-state index in [0.717, 1.165) is 18.0 Å². The van der Waals surface area contributed by atoms with Crippen molar-refractivity contribution in [2.75, 3.05) is 11.1 Å². The predicted octanol–water partition coefficient (Wildman–Crippen LogP) is 3.62. The van der Waals surface area contributed by atoms with Gasteiger partial charge in [-0.05, 0) is 23.4 Å². The highest BCUT2D eigenvalue weighted by atomic mass is 32.2. The van der Waals surface area contributed by atoms with E-state index in [0.29, 0.717) is 11.3 Å². The van der Waals surface area contributed by atoms with Crippen molar-refractivity contribution in [1.29, 1.82) is 0 Å². The maximum Gasteiger partial charge on any atom is 0.318 e. The lowest BCUT2D eigenvalue weighted by molar-refractivity contribution is 0.269. The summed E-state index contributed by atoms with van der Waals surface area (Å²) in [5.41, 5.74) is 0.710. The topological polar surface area (TPSA) is 64.1 Å². The first-order chi connectivity index (χ1) is 10.6. The number of nitrogens with zero attached hydrogens (tertiary/aromatic N) is 2. The summed E-state index contributed by atoms with van der Waals surface area (Å²) in [7, 11) is 0. The van der Waals surface area contributed by atoms with Crippen LogP contribution in [0.5, 0.6) is 6.01 Å². The molecule has 0 saturated carbocycles. The van der Waals surface area contributed by atoms with Gasteiger partial charge in [0.1, 0.15) is 12.4 Å². The summed E-state index contributed by atoms with van der Waals surface area (Å²) in [6.07, 6.45) is 0.916. The van der Waals surface area contributed by atoms with Crippen molar-refractivity contribution in [2.24, 2.45) is 0 Å². The van der Waals surface area contributed by atoms with Gasteiger partial charge in [-0.3, -0.25) is 10.1 Å². The molecule has 1 aromatic heterocycles. The molecule has 116 valence electrons. The normalized spacial score (nSPS) is 10.3. The van der Waals surface area contributed by atoms with Crippen molar-refractivity contribution >= 4 is 22.8 Å². The highest BCUT2D eigenvalue weighted by Gasteiger charge is 2.11. The molecule has 8 heteroatoms. The summed E-state index contributed by atoms with van der Waals surface area (Å²) >= 11 is 0.999. The Morgan fingerprint density at radius 3 is 2.73 bits per heavy atom. The molecule has 22 heavy (non-hydrogen) atoms. The Kier molecular flexibility index (Phi) is 5.65. The number of hydrogen-bond donors (Lipinski definition) is 1. The van der Waals surface area contributed by atoms with E-state index in [4.69, 9.17) is 4.74 Å². The highest BCUT2D eigenvalue weighted by molar-refractivity contribution is 8.13. The number of halogens is 2. The number of carbonyl (C=O) groups excluding carboxylic acids is 1. The van der Waals surface area contributed by atoms with E-state index in [2.05, 4.69) is 15.3 Å². The van der Waals surface area contributed by atoms with Gasteiger partial charge in [0.05, 0.1) is 6.20 Å². The van der Waals surface area contributed by atoms with Gasteiger partial charge in [-0.1, -0.05) is 30.8 Å². The average molecular weight is 325 g/mol. The summed E-state index contributed by atoms with van der Waals surface area (Å²) < 4.78 is 31.6. The van der Waals surface area contributed by atoms with Crippen LogP contribution in [0.3, 0.4) is 0 Å². The molecule has 2 aromatic rings. The number of benzene rings is 1. The lowest BCUT2D eigenvalue weighted by Gasteiger charge is -2.07. The molecule has 1 N–H and O–H groups in total. The number of anilines is 1. The predicted molar refractivity (Wildman–Crippen MR) is 79.9 cm³/mol. The van der Waals surface area contributed by atoms with Gasteiger partial charge < -0.3 is 4.74 Å². The third kappa shape index (κ3) is 4.66. The molecule has 0 atom stereocenters. The van der Waals surface area contributed by atoms with Crippen LogP contribution >= 0.6 is 11.8 Å². The fraction of sp³-hybridized carbons (Fsp3) is 0.214. The highest BCUT2D eigenvalue weighted by Crippen LogP contribution is 2.16. The molecule has 2 rings (SSSR count). The molecular formula is C14H13F2N3O2S. The number of rotatable bonds is 5. The molecule has 0 aliphatic heterocycles. The number of aromatic nitrogens is 2. The van der Waals surface area contributed by atoms with Crippen molar-refractivity contribution in [3.8, 4) is 6.01 Å². The maximum atomic E-state index is 13.5. The van der Waals surface area contributed by atoms with Crippen LogP contribution in [0, 0.1) is 11.6 Å². The Labute approximate surface area is 130 Å². The SMILES string of the molecule is CCSC(=O)Nc1nc(OCc2ccc(F)cc2)ncc1F. The Morgan fingerprint density at radius 1 is 1.32 bits per heavy atom. The largest absolute Gasteiger partial charge is 0.459 e. The van der Waals surface area contributed by atoms with E-state index in [1.807, 2.05) is 0 Å². The molecule has 0 saturated heterocycles. The number of amides is 1. The summed E-state index contributed by atoms with van der Waals surface area (Å²) in [5, 5.41) is 1.91. The average Bonchev–Trinajstić information content (AvgIpc) is 2.50. The van der Waals surface area contributed by atoms with Crippen molar-refractivity contribution in [3.63, 3.8) is 0 Å². The van der Waals surface area contributed by atoms with E-state index in [9.17, 15) is 13.6 Å². The molecule has 0 aliphatic carbocycles. The third-order valence-electron chi connectivity index (χ3n) is 2.50. The molecule has 5 nitrogen and oxygen atoms in total. The molecule has 0 bridgehead atoms. The number of thioether (sulfide) groups is 1. The standard InChI is InChI=1S/C14H13F2N3O2S/c1-2-22-14(20)19-12-11(16)7-17-13(18-12)21-8-9-3-5-10(15)6-4-9/h3-7H,2,8H2,1H3,(H,17,18,19,20). The quantitative estimate of drug-likeness (QED) is 0.909. The van der Waals surface area contributed by atoms with E-state index in [1.54, 1.807) is 19.1 Å². The molecule has 1 heterocycles. The van der Waals surface area contributed by atoms with Crippen LogP contribution in [0.1, 0.15) is 12.5 Å². The van der Waals surface area contributed by atoms with Gasteiger partial charge in [0.2, 0.25) is 0 Å². The second kappa shape index (κ2) is 7.69. The first-order valence-corrected chi connectivity index (χ1v) is 7.40. The van der Waals surface area contributed by atoms with Crippen LogP contribution in [0.15, 0.2) is 30.5 Å². The van der Waals surface area contributed by atoms with Crippen LogP contribution < -0.4 is 10.1 Å². The van der Waals surface area contributed by atoms with Crippen LogP contribution in [0.2, 0.25) is 0 Å². The Bertz CT molecular complexity index is 653. The first kappa shape index (κ1) is 16.2. The Hall–Kier alpha value is -2.22. The molecule has 1 amide bonds. The van der Waals surface area contributed by atoms with E-state index < -0.39 is 11.1 Å². The Morgan fingerprint density at radius 2 is 2.05 bits per heavy atom.